The predicted molar refractivity (Wildman–Crippen MR) is 78.4 cm³/mol. The van der Waals surface area contributed by atoms with Crippen LogP contribution in [0.25, 0.3) is 0 Å². The number of carbonyl (C=O) groups excluding carboxylic acids is 1. The van der Waals surface area contributed by atoms with E-state index >= 15 is 0 Å². The van der Waals surface area contributed by atoms with Gasteiger partial charge < -0.3 is 10.2 Å². The second kappa shape index (κ2) is 5.64. The van der Waals surface area contributed by atoms with Crippen LogP contribution < -0.4 is 5.32 Å². The lowest BCUT2D eigenvalue weighted by molar-refractivity contribution is 0.0684. The Hall–Kier alpha value is -1.86. The summed E-state index contributed by atoms with van der Waals surface area (Å²) in [5.74, 6) is -0.0384. The van der Waals surface area contributed by atoms with Crippen LogP contribution in [0.3, 0.4) is 0 Å². The summed E-state index contributed by atoms with van der Waals surface area (Å²) in [5.41, 5.74) is 1.64. The van der Waals surface area contributed by atoms with Crippen molar-refractivity contribution in [2.75, 3.05) is 19.6 Å². The molecule has 106 valence electrons. The van der Waals surface area contributed by atoms with E-state index in [4.69, 9.17) is 0 Å². The van der Waals surface area contributed by atoms with Gasteiger partial charge >= 0.3 is 0 Å². The maximum Gasteiger partial charge on any atom is 0.255 e. The Morgan fingerprint density at radius 1 is 1.40 bits per heavy atom. The van der Waals surface area contributed by atoms with Crippen LogP contribution in [0.15, 0.2) is 24.3 Å². The molecule has 1 aromatic carbocycles. The summed E-state index contributed by atoms with van der Waals surface area (Å²) in [6, 6.07) is 9.51. The molecule has 1 fully saturated rings. The lowest BCUT2D eigenvalue weighted by Crippen LogP contribution is -2.53. The minimum absolute atomic E-state index is 0.0384. The average Bonchev–Trinajstić information content (AvgIpc) is 2.45. The van der Waals surface area contributed by atoms with E-state index < -0.39 is 0 Å². The van der Waals surface area contributed by atoms with Crippen molar-refractivity contribution in [3.8, 4) is 6.07 Å². The van der Waals surface area contributed by atoms with Crippen LogP contribution in [-0.4, -0.2) is 36.5 Å². The van der Waals surface area contributed by atoms with Gasteiger partial charge in [-0.25, -0.2) is 0 Å². The van der Waals surface area contributed by atoms with E-state index in [1.54, 1.807) is 4.90 Å². The molecule has 0 aliphatic carbocycles. The van der Waals surface area contributed by atoms with Crippen LogP contribution >= 0.6 is 0 Å². The molecule has 1 saturated heterocycles. The molecule has 20 heavy (non-hydrogen) atoms. The first-order valence-electron chi connectivity index (χ1n) is 6.96. The van der Waals surface area contributed by atoms with Crippen LogP contribution in [0.4, 0.5) is 0 Å². The number of rotatable bonds is 1. The number of piperazine rings is 1. The second-order valence-corrected chi connectivity index (χ2v) is 6.14. The molecule has 1 amide bonds. The van der Waals surface area contributed by atoms with E-state index in [1.807, 2.05) is 24.3 Å². The van der Waals surface area contributed by atoms with Crippen LogP contribution in [0.2, 0.25) is 0 Å². The number of benzene rings is 1. The van der Waals surface area contributed by atoms with Gasteiger partial charge in [-0.1, -0.05) is 39.0 Å². The molecule has 1 heterocycles. The highest BCUT2D eigenvalue weighted by Crippen LogP contribution is 2.27. The Labute approximate surface area is 120 Å². The first-order valence-corrected chi connectivity index (χ1v) is 6.96. The van der Waals surface area contributed by atoms with Crippen molar-refractivity contribution in [3.63, 3.8) is 0 Å². The fraction of sp³-hybridized carbons (Fsp3) is 0.500. The first-order chi connectivity index (χ1) is 9.45. The Morgan fingerprint density at radius 3 is 2.75 bits per heavy atom. The van der Waals surface area contributed by atoms with E-state index in [2.05, 4.69) is 32.2 Å². The van der Waals surface area contributed by atoms with Gasteiger partial charge in [0.25, 0.3) is 5.91 Å². The fourth-order valence-electron chi connectivity index (χ4n) is 2.54. The normalized spacial score (nSPS) is 19.5. The summed E-state index contributed by atoms with van der Waals surface area (Å²) < 4.78 is 0. The van der Waals surface area contributed by atoms with Crippen LogP contribution in [0.1, 0.15) is 36.7 Å². The van der Waals surface area contributed by atoms with E-state index in [-0.39, 0.29) is 17.4 Å². The molecule has 1 N–H and O–H groups in total. The van der Waals surface area contributed by atoms with Gasteiger partial charge in [0.05, 0.1) is 6.07 Å². The van der Waals surface area contributed by atoms with E-state index in [9.17, 15) is 10.1 Å². The van der Waals surface area contributed by atoms with Crippen molar-refractivity contribution >= 4 is 5.91 Å². The Balaban J connectivity index is 2.36. The topological polar surface area (TPSA) is 56.1 Å². The van der Waals surface area contributed by atoms with Gasteiger partial charge in [0.1, 0.15) is 6.04 Å². The molecule has 4 nitrogen and oxygen atoms in total. The molecular weight excluding hydrogens is 250 g/mol. The minimum atomic E-state index is -0.385. The minimum Gasteiger partial charge on any atom is -0.320 e. The number of nitrogens with zero attached hydrogens (tertiary/aromatic N) is 2. The molecule has 1 aliphatic heterocycles. The second-order valence-electron chi connectivity index (χ2n) is 6.14. The smallest absolute Gasteiger partial charge is 0.255 e. The summed E-state index contributed by atoms with van der Waals surface area (Å²) in [7, 11) is 0. The summed E-state index contributed by atoms with van der Waals surface area (Å²) >= 11 is 0. The lowest BCUT2D eigenvalue weighted by Gasteiger charge is -2.33. The van der Waals surface area contributed by atoms with Gasteiger partial charge in [-0.3, -0.25) is 4.79 Å². The van der Waals surface area contributed by atoms with E-state index in [0.29, 0.717) is 18.7 Å². The zero-order valence-electron chi connectivity index (χ0n) is 12.3. The lowest BCUT2D eigenvalue weighted by atomic mass is 9.83. The van der Waals surface area contributed by atoms with Gasteiger partial charge in [0, 0.05) is 25.2 Å². The zero-order valence-corrected chi connectivity index (χ0v) is 12.3. The van der Waals surface area contributed by atoms with Gasteiger partial charge in [0.2, 0.25) is 0 Å². The number of nitrogens with one attached hydrogen (secondary N) is 1. The first kappa shape index (κ1) is 14.5. The molecule has 2 rings (SSSR count). The third-order valence-electron chi connectivity index (χ3n) is 3.62. The maximum atomic E-state index is 12.8. The van der Waals surface area contributed by atoms with Crippen molar-refractivity contribution in [1.82, 2.24) is 10.2 Å². The van der Waals surface area contributed by atoms with Crippen molar-refractivity contribution in [2.24, 2.45) is 0 Å². The molecular formula is C16H21N3O. The monoisotopic (exact) mass is 271 g/mol. The third kappa shape index (κ3) is 2.83. The van der Waals surface area contributed by atoms with E-state index in [0.717, 1.165) is 12.1 Å². The third-order valence-corrected chi connectivity index (χ3v) is 3.62. The summed E-state index contributed by atoms with van der Waals surface area (Å²) in [5, 5.41) is 12.4. The molecule has 0 radical (unpaired) electrons. The van der Waals surface area contributed by atoms with Gasteiger partial charge in [-0.15, -0.1) is 0 Å². The largest absolute Gasteiger partial charge is 0.320 e. The van der Waals surface area contributed by atoms with Crippen molar-refractivity contribution < 1.29 is 4.79 Å². The number of hydrogen-bond acceptors (Lipinski definition) is 3. The standard InChI is InChI=1S/C16H21N3O/c1-16(2,3)14-7-5-4-6-13(14)15(20)19-9-8-18-11-12(19)10-17/h4-7,12,18H,8-9,11H2,1-3H3. The molecule has 0 saturated carbocycles. The average molecular weight is 271 g/mol. The van der Waals surface area contributed by atoms with E-state index in [1.165, 1.54) is 0 Å². The SMILES string of the molecule is CC(C)(C)c1ccccc1C(=O)N1CCNCC1C#N. The van der Waals surface area contributed by atoms with Gasteiger partial charge in [-0.05, 0) is 17.0 Å². The number of carbonyl (C=O) groups is 1. The molecule has 4 heteroatoms. The Kier molecular flexibility index (Phi) is 4.10. The molecule has 1 aromatic rings. The molecule has 0 bridgehead atoms. The van der Waals surface area contributed by atoms with Gasteiger partial charge in [-0.2, -0.15) is 5.26 Å². The summed E-state index contributed by atoms with van der Waals surface area (Å²) in [6.45, 7) is 8.15. The van der Waals surface area contributed by atoms with Crippen LogP contribution in [0.5, 0.6) is 0 Å². The number of hydrogen-bond donors (Lipinski definition) is 1. The molecule has 1 unspecified atom stereocenters. The highest BCUT2D eigenvalue weighted by molar-refractivity contribution is 5.96. The van der Waals surface area contributed by atoms with Crippen molar-refractivity contribution in [1.29, 1.82) is 5.26 Å². The molecule has 1 atom stereocenters. The Morgan fingerprint density at radius 2 is 2.10 bits per heavy atom. The van der Waals surface area contributed by atoms with Crippen molar-refractivity contribution in [2.45, 2.75) is 32.2 Å². The highest BCUT2D eigenvalue weighted by Gasteiger charge is 2.30. The predicted octanol–water partition coefficient (Wildman–Crippen LogP) is 1.92. The summed E-state index contributed by atoms with van der Waals surface area (Å²) in [6.07, 6.45) is 0. The number of amides is 1. The fourth-order valence-corrected chi connectivity index (χ4v) is 2.54. The highest BCUT2D eigenvalue weighted by atomic mass is 16.2. The quantitative estimate of drug-likeness (QED) is 0.849. The van der Waals surface area contributed by atoms with Crippen LogP contribution in [-0.2, 0) is 5.41 Å². The number of nitriles is 1. The van der Waals surface area contributed by atoms with Crippen molar-refractivity contribution in [3.05, 3.63) is 35.4 Å². The molecule has 1 aliphatic rings. The Bertz CT molecular complexity index is 539. The zero-order chi connectivity index (χ0) is 14.8. The molecule has 0 spiro atoms. The molecule has 0 aromatic heterocycles. The van der Waals surface area contributed by atoms with Crippen LogP contribution in [0, 0.1) is 11.3 Å². The van der Waals surface area contributed by atoms with Gasteiger partial charge in [0.15, 0.2) is 0 Å². The summed E-state index contributed by atoms with van der Waals surface area (Å²) in [4.78, 5) is 14.5. The maximum absolute atomic E-state index is 12.8.